The summed E-state index contributed by atoms with van der Waals surface area (Å²) in [5.74, 6) is -1.74. The molecule has 0 aliphatic carbocycles. The van der Waals surface area contributed by atoms with Gasteiger partial charge in [-0.05, 0) is 5.56 Å². The van der Waals surface area contributed by atoms with Gasteiger partial charge in [0.05, 0.1) is 6.54 Å². The third kappa shape index (κ3) is 3.33. The van der Waals surface area contributed by atoms with Gasteiger partial charge in [-0.25, -0.2) is 9.86 Å². The average molecular weight is 278 g/mol. The molecule has 1 N–H and O–H groups in total. The fourth-order valence-corrected chi connectivity index (χ4v) is 1.81. The monoisotopic (exact) mass is 278 g/mol. The number of hydrogen-bond acceptors (Lipinski definition) is 4. The molecule has 1 aromatic rings. The van der Waals surface area contributed by atoms with Gasteiger partial charge in [-0.15, -0.1) is 0 Å². The smallest absolute Gasteiger partial charge is 0.351 e. The summed E-state index contributed by atoms with van der Waals surface area (Å²) >= 11 is 0. The standard InChI is InChI=1S/C13H14N2O5/c16-11-6-7-15(13(19)14(11)8-12(17)18)20-9-10-4-2-1-3-5-10/h1-5H,6-9H2,(H,17,18). The molecule has 1 aliphatic heterocycles. The van der Waals surface area contributed by atoms with Crippen LogP contribution in [0.3, 0.4) is 0 Å². The lowest BCUT2D eigenvalue weighted by atomic mass is 10.2. The molecule has 106 valence electrons. The molecule has 3 amide bonds. The molecule has 20 heavy (non-hydrogen) atoms. The van der Waals surface area contributed by atoms with E-state index in [4.69, 9.17) is 9.94 Å². The minimum absolute atomic E-state index is 0.0494. The highest BCUT2D eigenvalue weighted by Gasteiger charge is 2.34. The van der Waals surface area contributed by atoms with Crippen molar-refractivity contribution < 1.29 is 24.3 Å². The van der Waals surface area contributed by atoms with Gasteiger partial charge in [0.1, 0.15) is 13.2 Å². The highest BCUT2D eigenvalue weighted by Crippen LogP contribution is 2.13. The van der Waals surface area contributed by atoms with Gasteiger partial charge < -0.3 is 5.11 Å². The molecule has 1 aromatic carbocycles. The quantitative estimate of drug-likeness (QED) is 0.863. The van der Waals surface area contributed by atoms with Crippen molar-refractivity contribution in [1.29, 1.82) is 0 Å². The van der Waals surface area contributed by atoms with Gasteiger partial charge in [0.25, 0.3) is 0 Å². The molecule has 1 heterocycles. The van der Waals surface area contributed by atoms with Crippen molar-refractivity contribution in [3.05, 3.63) is 35.9 Å². The Hall–Kier alpha value is -2.41. The molecule has 7 nitrogen and oxygen atoms in total. The maximum atomic E-state index is 11.9. The summed E-state index contributed by atoms with van der Waals surface area (Å²) in [6, 6.07) is 8.50. The molecule has 0 bridgehead atoms. The summed E-state index contributed by atoms with van der Waals surface area (Å²) in [4.78, 5) is 40.1. The molecule has 0 aromatic heterocycles. The zero-order valence-electron chi connectivity index (χ0n) is 10.7. The maximum absolute atomic E-state index is 11.9. The SMILES string of the molecule is O=C(O)CN1C(=O)CCN(OCc2ccccc2)C1=O. The molecule has 0 radical (unpaired) electrons. The average Bonchev–Trinajstić information content (AvgIpc) is 2.43. The summed E-state index contributed by atoms with van der Waals surface area (Å²) in [6.45, 7) is -0.342. The second kappa shape index (κ2) is 6.16. The van der Waals surface area contributed by atoms with E-state index in [0.717, 1.165) is 10.6 Å². The Morgan fingerprint density at radius 2 is 1.95 bits per heavy atom. The Bertz CT molecular complexity index is 517. The molecule has 7 heteroatoms. The molecule has 0 spiro atoms. The molecule has 0 saturated carbocycles. The second-order valence-corrected chi connectivity index (χ2v) is 4.27. The van der Waals surface area contributed by atoms with Gasteiger partial charge in [0.15, 0.2) is 0 Å². The number of urea groups is 1. The minimum atomic E-state index is -1.24. The lowest BCUT2D eigenvalue weighted by molar-refractivity contribution is -0.164. The normalized spacial score (nSPS) is 15.6. The third-order valence-corrected chi connectivity index (χ3v) is 2.80. The number of nitrogens with zero attached hydrogens (tertiary/aromatic N) is 2. The number of carbonyl (C=O) groups is 3. The fraction of sp³-hybridized carbons (Fsp3) is 0.308. The van der Waals surface area contributed by atoms with E-state index in [1.165, 1.54) is 0 Å². The summed E-state index contributed by atoms with van der Waals surface area (Å²) in [6.07, 6.45) is 0.0494. The lowest BCUT2D eigenvalue weighted by Gasteiger charge is -2.32. The molecule has 1 saturated heterocycles. The Labute approximate surface area is 115 Å². The molecule has 0 unspecified atom stereocenters. The van der Waals surface area contributed by atoms with E-state index in [0.29, 0.717) is 4.90 Å². The van der Waals surface area contributed by atoms with Crippen LogP contribution in [0.1, 0.15) is 12.0 Å². The van der Waals surface area contributed by atoms with E-state index < -0.39 is 24.5 Å². The summed E-state index contributed by atoms with van der Waals surface area (Å²) in [7, 11) is 0. The summed E-state index contributed by atoms with van der Waals surface area (Å²) in [5, 5.41) is 9.72. The molecule has 1 aliphatic rings. The van der Waals surface area contributed by atoms with Crippen LogP contribution < -0.4 is 0 Å². The third-order valence-electron chi connectivity index (χ3n) is 2.80. The van der Waals surface area contributed by atoms with Gasteiger partial charge >= 0.3 is 12.0 Å². The molecular formula is C13H14N2O5. The van der Waals surface area contributed by atoms with E-state index in [2.05, 4.69) is 0 Å². The molecule has 0 atom stereocenters. The molecule has 2 rings (SSSR count). The van der Waals surface area contributed by atoms with Crippen LogP contribution in [0.2, 0.25) is 0 Å². The predicted molar refractivity (Wildman–Crippen MR) is 67.3 cm³/mol. The zero-order chi connectivity index (χ0) is 14.5. The topological polar surface area (TPSA) is 87.2 Å². The number of carboxylic acids is 1. The van der Waals surface area contributed by atoms with Gasteiger partial charge in [-0.2, -0.15) is 0 Å². The van der Waals surface area contributed by atoms with Crippen molar-refractivity contribution in [2.45, 2.75) is 13.0 Å². The Balaban J connectivity index is 1.96. The number of hydrogen-bond donors (Lipinski definition) is 1. The first-order valence-corrected chi connectivity index (χ1v) is 6.08. The number of carbonyl (C=O) groups excluding carboxylic acids is 2. The zero-order valence-corrected chi connectivity index (χ0v) is 10.7. The van der Waals surface area contributed by atoms with Crippen molar-refractivity contribution in [2.75, 3.05) is 13.1 Å². The van der Waals surface area contributed by atoms with E-state index in [1.54, 1.807) is 0 Å². The van der Waals surface area contributed by atoms with Crippen molar-refractivity contribution in [3.8, 4) is 0 Å². The minimum Gasteiger partial charge on any atom is -0.480 e. The first kappa shape index (κ1) is 14.0. The van der Waals surface area contributed by atoms with Crippen molar-refractivity contribution in [1.82, 2.24) is 9.96 Å². The summed E-state index contributed by atoms with van der Waals surface area (Å²) in [5.41, 5.74) is 0.877. The van der Waals surface area contributed by atoms with Crippen LogP contribution in [-0.4, -0.2) is 46.1 Å². The van der Waals surface area contributed by atoms with Crippen LogP contribution in [0.4, 0.5) is 4.79 Å². The van der Waals surface area contributed by atoms with Crippen LogP contribution >= 0.6 is 0 Å². The largest absolute Gasteiger partial charge is 0.480 e. The van der Waals surface area contributed by atoms with Gasteiger partial charge in [-0.3, -0.25) is 19.3 Å². The number of imide groups is 1. The Kier molecular flexibility index (Phi) is 4.31. The van der Waals surface area contributed by atoms with Crippen LogP contribution in [0, 0.1) is 0 Å². The van der Waals surface area contributed by atoms with Crippen molar-refractivity contribution in [3.63, 3.8) is 0 Å². The van der Waals surface area contributed by atoms with Crippen molar-refractivity contribution >= 4 is 17.9 Å². The fourth-order valence-electron chi connectivity index (χ4n) is 1.81. The lowest BCUT2D eigenvalue weighted by Crippen LogP contribution is -2.53. The van der Waals surface area contributed by atoms with Crippen molar-refractivity contribution in [2.24, 2.45) is 0 Å². The number of aliphatic carboxylic acids is 1. The predicted octanol–water partition coefficient (Wildman–Crippen LogP) is 0.857. The van der Waals surface area contributed by atoms with E-state index in [-0.39, 0.29) is 19.6 Å². The number of carboxylic acid groups (broad SMARTS) is 1. The van der Waals surface area contributed by atoms with E-state index >= 15 is 0 Å². The van der Waals surface area contributed by atoms with Crippen LogP contribution in [0.25, 0.3) is 0 Å². The maximum Gasteiger partial charge on any atom is 0.351 e. The first-order chi connectivity index (χ1) is 9.58. The highest BCUT2D eigenvalue weighted by atomic mass is 16.7. The highest BCUT2D eigenvalue weighted by molar-refractivity contribution is 5.98. The number of amides is 3. The molecule has 1 fully saturated rings. The van der Waals surface area contributed by atoms with Crippen LogP contribution in [0.5, 0.6) is 0 Å². The Morgan fingerprint density at radius 3 is 2.60 bits per heavy atom. The van der Waals surface area contributed by atoms with Crippen LogP contribution in [-0.2, 0) is 21.0 Å². The van der Waals surface area contributed by atoms with Gasteiger partial charge in [-0.1, -0.05) is 30.3 Å². The van der Waals surface area contributed by atoms with E-state index in [9.17, 15) is 14.4 Å². The molecular weight excluding hydrogens is 264 g/mol. The number of hydroxylamine groups is 2. The number of rotatable bonds is 5. The van der Waals surface area contributed by atoms with Gasteiger partial charge in [0, 0.05) is 6.42 Å². The second-order valence-electron chi connectivity index (χ2n) is 4.27. The van der Waals surface area contributed by atoms with E-state index in [1.807, 2.05) is 30.3 Å². The van der Waals surface area contributed by atoms with Crippen LogP contribution in [0.15, 0.2) is 30.3 Å². The van der Waals surface area contributed by atoms with Gasteiger partial charge in [0.2, 0.25) is 5.91 Å². The summed E-state index contributed by atoms with van der Waals surface area (Å²) < 4.78 is 0. The Morgan fingerprint density at radius 1 is 1.25 bits per heavy atom. The first-order valence-electron chi connectivity index (χ1n) is 6.08. The number of benzene rings is 1.